The highest BCUT2D eigenvalue weighted by molar-refractivity contribution is 5.82. The van der Waals surface area contributed by atoms with Gasteiger partial charge in [-0.05, 0) is 24.8 Å². The molecule has 0 radical (unpaired) electrons. The molecule has 0 aliphatic carbocycles. The van der Waals surface area contributed by atoms with Crippen molar-refractivity contribution in [3.05, 3.63) is 0 Å². The first kappa shape index (κ1) is 10.5. The molecular formula is C10H20N2O. The maximum absolute atomic E-state index is 11.5. The predicted octanol–water partition coefficient (Wildman–Crippen LogP) is 0.901. The van der Waals surface area contributed by atoms with E-state index in [1.807, 2.05) is 0 Å². The van der Waals surface area contributed by atoms with Crippen molar-refractivity contribution in [3.8, 4) is 0 Å². The third kappa shape index (κ3) is 3.77. The van der Waals surface area contributed by atoms with Gasteiger partial charge in [0.2, 0.25) is 5.91 Å². The van der Waals surface area contributed by atoms with Gasteiger partial charge in [0.05, 0.1) is 6.04 Å². The zero-order valence-corrected chi connectivity index (χ0v) is 8.81. The Labute approximate surface area is 80.3 Å². The average Bonchev–Trinajstić information content (AvgIpc) is 2.50. The van der Waals surface area contributed by atoms with E-state index >= 15 is 0 Å². The van der Waals surface area contributed by atoms with Crippen molar-refractivity contribution in [2.75, 3.05) is 13.1 Å². The van der Waals surface area contributed by atoms with Gasteiger partial charge < -0.3 is 10.6 Å². The van der Waals surface area contributed by atoms with Gasteiger partial charge in [0.1, 0.15) is 0 Å². The highest BCUT2D eigenvalue weighted by Crippen LogP contribution is 2.11. The van der Waals surface area contributed by atoms with E-state index in [4.69, 9.17) is 0 Å². The van der Waals surface area contributed by atoms with Gasteiger partial charge in [-0.15, -0.1) is 0 Å². The van der Waals surface area contributed by atoms with E-state index in [9.17, 15) is 4.79 Å². The molecule has 76 valence electrons. The van der Waals surface area contributed by atoms with Crippen molar-refractivity contribution < 1.29 is 4.79 Å². The number of nitrogens with one attached hydrogen (secondary N) is 2. The molecule has 1 aliphatic rings. The third-order valence-corrected chi connectivity index (χ3v) is 2.17. The Bertz CT molecular complexity index is 178. The number of carbonyl (C=O) groups excluding carboxylic acids is 1. The van der Waals surface area contributed by atoms with Crippen molar-refractivity contribution in [3.63, 3.8) is 0 Å². The molecule has 0 aromatic rings. The van der Waals surface area contributed by atoms with Crippen LogP contribution in [0.5, 0.6) is 0 Å². The van der Waals surface area contributed by atoms with E-state index in [1.165, 1.54) is 0 Å². The van der Waals surface area contributed by atoms with Gasteiger partial charge in [0.25, 0.3) is 0 Å². The molecule has 1 rings (SSSR count). The van der Waals surface area contributed by atoms with Crippen molar-refractivity contribution in [1.29, 1.82) is 0 Å². The van der Waals surface area contributed by atoms with Gasteiger partial charge in [-0.3, -0.25) is 4.79 Å². The van der Waals surface area contributed by atoms with Crippen LogP contribution in [-0.2, 0) is 4.79 Å². The Balaban J connectivity index is 2.25. The summed E-state index contributed by atoms with van der Waals surface area (Å²) in [7, 11) is 0. The maximum Gasteiger partial charge on any atom is 0.237 e. The second-order valence-electron chi connectivity index (χ2n) is 4.93. The van der Waals surface area contributed by atoms with Crippen LogP contribution < -0.4 is 10.6 Å². The molecule has 0 aromatic heterocycles. The lowest BCUT2D eigenvalue weighted by Crippen LogP contribution is -2.43. The molecule has 0 unspecified atom stereocenters. The Kier molecular flexibility index (Phi) is 3.31. The Morgan fingerprint density at radius 2 is 2.23 bits per heavy atom. The van der Waals surface area contributed by atoms with Crippen LogP contribution in [-0.4, -0.2) is 25.0 Å². The highest BCUT2D eigenvalue weighted by Gasteiger charge is 2.22. The van der Waals surface area contributed by atoms with Crippen LogP contribution in [0.25, 0.3) is 0 Å². The van der Waals surface area contributed by atoms with Crippen LogP contribution in [0.3, 0.4) is 0 Å². The fourth-order valence-electron chi connectivity index (χ4n) is 1.38. The molecule has 3 heteroatoms. The molecule has 13 heavy (non-hydrogen) atoms. The fraction of sp³-hybridized carbons (Fsp3) is 0.900. The number of amides is 1. The van der Waals surface area contributed by atoms with Crippen LogP contribution in [0.15, 0.2) is 0 Å². The maximum atomic E-state index is 11.5. The molecule has 0 saturated carbocycles. The summed E-state index contributed by atoms with van der Waals surface area (Å²) in [5, 5.41) is 6.14. The Morgan fingerprint density at radius 1 is 1.54 bits per heavy atom. The lowest BCUT2D eigenvalue weighted by molar-refractivity contribution is -0.123. The molecule has 3 nitrogen and oxygen atoms in total. The quantitative estimate of drug-likeness (QED) is 0.669. The first-order valence-corrected chi connectivity index (χ1v) is 5.00. The van der Waals surface area contributed by atoms with Gasteiger partial charge in [-0.25, -0.2) is 0 Å². The van der Waals surface area contributed by atoms with E-state index in [1.54, 1.807) is 0 Å². The smallest absolute Gasteiger partial charge is 0.237 e. The summed E-state index contributed by atoms with van der Waals surface area (Å²) in [4.78, 5) is 11.5. The van der Waals surface area contributed by atoms with E-state index in [-0.39, 0.29) is 17.4 Å². The first-order chi connectivity index (χ1) is 5.99. The predicted molar refractivity (Wildman–Crippen MR) is 53.5 cm³/mol. The largest absolute Gasteiger partial charge is 0.354 e. The molecule has 0 aromatic carbocycles. The summed E-state index contributed by atoms with van der Waals surface area (Å²) >= 11 is 0. The zero-order valence-electron chi connectivity index (χ0n) is 8.81. The number of carbonyl (C=O) groups is 1. The summed E-state index contributed by atoms with van der Waals surface area (Å²) in [6.45, 7) is 8.09. The normalized spacial score (nSPS) is 23.2. The molecule has 1 fully saturated rings. The summed E-state index contributed by atoms with van der Waals surface area (Å²) in [5.41, 5.74) is 0.175. The summed E-state index contributed by atoms with van der Waals surface area (Å²) in [5.74, 6) is 0.160. The monoisotopic (exact) mass is 184 g/mol. The number of hydrogen-bond donors (Lipinski definition) is 2. The summed E-state index contributed by atoms with van der Waals surface area (Å²) in [6, 6.07) is 0.0577. The topological polar surface area (TPSA) is 41.1 Å². The van der Waals surface area contributed by atoms with Crippen LogP contribution in [0, 0.1) is 5.41 Å². The van der Waals surface area contributed by atoms with E-state index in [0.717, 1.165) is 25.9 Å². The Hall–Kier alpha value is -0.570. The first-order valence-electron chi connectivity index (χ1n) is 5.00. The second kappa shape index (κ2) is 4.09. The van der Waals surface area contributed by atoms with Gasteiger partial charge in [-0.2, -0.15) is 0 Å². The van der Waals surface area contributed by atoms with Crippen LogP contribution in [0.4, 0.5) is 0 Å². The van der Waals surface area contributed by atoms with E-state index in [2.05, 4.69) is 31.4 Å². The molecule has 1 aliphatic heterocycles. The minimum absolute atomic E-state index is 0.0577. The minimum atomic E-state index is 0.0577. The molecule has 1 atom stereocenters. The van der Waals surface area contributed by atoms with Crippen molar-refractivity contribution >= 4 is 5.91 Å². The SMILES string of the molecule is CC(C)(C)CNC(=O)[C@@H]1CCCN1. The fourth-order valence-corrected chi connectivity index (χ4v) is 1.38. The molecule has 1 amide bonds. The van der Waals surface area contributed by atoms with Crippen molar-refractivity contribution in [1.82, 2.24) is 10.6 Å². The van der Waals surface area contributed by atoms with Gasteiger partial charge >= 0.3 is 0 Å². The van der Waals surface area contributed by atoms with E-state index in [0.29, 0.717) is 0 Å². The summed E-state index contributed by atoms with van der Waals surface area (Å²) in [6.07, 6.45) is 2.10. The van der Waals surface area contributed by atoms with Crippen LogP contribution >= 0.6 is 0 Å². The molecule has 0 spiro atoms. The van der Waals surface area contributed by atoms with Crippen molar-refractivity contribution in [2.24, 2.45) is 5.41 Å². The molecule has 1 heterocycles. The second-order valence-corrected chi connectivity index (χ2v) is 4.93. The third-order valence-electron chi connectivity index (χ3n) is 2.17. The zero-order chi connectivity index (χ0) is 9.90. The van der Waals surface area contributed by atoms with Crippen molar-refractivity contribution in [2.45, 2.75) is 39.7 Å². The highest BCUT2D eigenvalue weighted by atomic mass is 16.2. The van der Waals surface area contributed by atoms with Gasteiger partial charge in [-0.1, -0.05) is 20.8 Å². The number of hydrogen-bond acceptors (Lipinski definition) is 2. The molecular weight excluding hydrogens is 164 g/mol. The van der Waals surface area contributed by atoms with Crippen LogP contribution in [0.1, 0.15) is 33.6 Å². The molecule has 0 bridgehead atoms. The van der Waals surface area contributed by atoms with Gasteiger partial charge in [0, 0.05) is 6.54 Å². The molecule has 2 N–H and O–H groups in total. The lowest BCUT2D eigenvalue weighted by Gasteiger charge is -2.20. The van der Waals surface area contributed by atoms with E-state index < -0.39 is 0 Å². The minimum Gasteiger partial charge on any atom is -0.354 e. The summed E-state index contributed by atoms with van der Waals surface area (Å²) < 4.78 is 0. The average molecular weight is 184 g/mol. The van der Waals surface area contributed by atoms with Crippen LogP contribution in [0.2, 0.25) is 0 Å². The van der Waals surface area contributed by atoms with Gasteiger partial charge in [0.15, 0.2) is 0 Å². The number of rotatable bonds is 2. The molecule has 1 saturated heterocycles. The standard InChI is InChI=1S/C10H20N2O/c1-10(2,3)7-12-9(13)8-5-4-6-11-8/h8,11H,4-7H2,1-3H3,(H,12,13)/t8-/m0/s1. The Morgan fingerprint density at radius 3 is 2.69 bits per heavy atom. The lowest BCUT2D eigenvalue weighted by atomic mass is 9.97.